The SMILES string of the molecule is CSC(C)CNC(=O)COC1(C)CNC1. The van der Waals surface area contributed by atoms with Crippen LogP contribution in [0, 0.1) is 0 Å². The zero-order valence-electron chi connectivity index (χ0n) is 9.63. The van der Waals surface area contributed by atoms with Gasteiger partial charge in [-0.15, -0.1) is 0 Å². The van der Waals surface area contributed by atoms with Gasteiger partial charge in [-0.3, -0.25) is 4.79 Å². The number of carbonyl (C=O) groups excluding carboxylic acids is 1. The topological polar surface area (TPSA) is 50.4 Å². The molecule has 0 radical (unpaired) electrons. The molecule has 2 N–H and O–H groups in total. The fourth-order valence-corrected chi connectivity index (χ4v) is 1.46. The van der Waals surface area contributed by atoms with Crippen LogP contribution in [-0.4, -0.2) is 49.3 Å². The lowest BCUT2D eigenvalue weighted by Gasteiger charge is -2.38. The van der Waals surface area contributed by atoms with Crippen LogP contribution in [0.3, 0.4) is 0 Å². The average Bonchev–Trinajstić information content (AvgIpc) is 2.20. The molecule has 0 aromatic carbocycles. The first-order valence-electron chi connectivity index (χ1n) is 5.20. The molecule has 1 aliphatic rings. The molecule has 88 valence electrons. The van der Waals surface area contributed by atoms with E-state index in [1.54, 1.807) is 11.8 Å². The Morgan fingerprint density at radius 2 is 2.33 bits per heavy atom. The van der Waals surface area contributed by atoms with E-state index in [0.29, 0.717) is 11.8 Å². The average molecular weight is 232 g/mol. The number of ether oxygens (including phenoxy) is 1. The van der Waals surface area contributed by atoms with E-state index in [9.17, 15) is 4.79 Å². The van der Waals surface area contributed by atoms with Gasteiger partial charge in [-0.1, -0.05) is 6.92 Å². The van der Waals surface area contributed by atoms with Crippen LogP contribution < -0.4 is 10.6 Å². The monoisotopic (exact) mass is 232 g/mol. The molecule has 0 spiro atoms. The summed E-state index contributed by atoms with van der Waals surface area (Å²) in [7, 11) is 0. The summed E-state index contributed by atoms with van der Waals surface area (Å²) < 4.78 is 5.51. The van der Waals surface area contributed by atoms with Crippen LogP contribution in [0.5, 0.6) is 0 Å². The van der Waals surface area contributed by atoms with E-state index in [2.05, 4.69) is 17.6 Å². The summed E-state index contributed by atoms with van der Waals surface area (Å²) >= 11 is 1.74. The lowest BCUT2D eigenvalue weighted by atomic mass is 10.0. The van der Waals surface area contributed by atoms with Gasteiger partial charge in [-0.05, 0) is 13.2 Å². The molecule has 1 aliphatic heterocycles. The molecule has 0 aromatic rings. The number of thioether (sulfide) groups is 1. The van der Waals surface area contributed by atoms with E-state index in [0.717, 1.165) is 13.1 Å². The zero-order chi connectivity index (χ0) is 11.3. The van der Waals surface area contributed by atoms with Crippen molar-refractivity contribution >= 4 is 17.7 Å². The normalized spacial score (nSPS) is 20.5. The highest BCUT2D eigenvalue weighted by Gasteiger charge is 2.32. The Hall–Kier alpha value is -0.260. The molecule has 1 heterocycles. The third kappa shape index (κ3) is 4.40. The molecule has 4 nitrogen and oxygen atoms in total. The summed E-state index contributed by atoms with van der Waals surface area (Å²) in [6.07, 6.45) is 2.04. The molecule has 0 aromatic heterocycles. The van der Waals surface area contributed by atoms with Crippen molar-refractivity contribution in [2.75, 3.05) is 32.5 Å². The minimum Gasteiger partial charge on any atom is -0.363 e. The lowest BCUT2D eigenvalue weighted by Crippen LogP contribution is -2.59. The lowest BCUT2D eigenvalue weighted by molar-refractivity contribution is -0.135. The minimum absolute atomic E-state index is 0.0241. The van der Waals surface area contributed by atoms with Crippen molar-refractivity contribution in [1.29, 1.82) is 0 Å². The Balaban J connectivity index is 2.08. The number of rotatable bonds is 6. The first kappa shape index (κ1) is 12.8. The van der Waals surface area contributed by atoms with Crippen molar-refractivity contribution < 1.29 is 9.53 Å². The zero-order valence-corrected chi connectivity index (χ0v) is 10.4. The van der Waals surface area contributed by atoms with Crippen LogP contribution in [-0.2, 0) is 9.53 Å². The second kappa shape index (κ2) is 5.72. The maximum Gasteiger partial charge on any atom is 0.246 e. The van der Waals surface area contributed by atoms with Gasteiger partial charge in [0.2, 0.25) is 5.91 Å². The predicted octanol–water partition coefficient (Wildman–Crippen LogP) is 0.233. The van der Waals surface area contributed by atoms with Crippen LogP contribution in [0.15, 0.2) is 0 Å². The summed E-state index contributed by atoms with van der Waals surface area (Å²) in [5, 5.41) is 6.43. The largest absolute Gasteiger partial charge is 0.363 e. The molecule has 15 heavy (non-hydrogen) atoms. The molecule has 1 fully saturated rings. The Bertz CT molecular complexity index is 219. The molecule has 0 bridgehead atoms. The first-order chi connectivity index (χ1) is 7.06. The second-order valence-electron chi connectivity index (χ2n) is 4.19. The fraction of sp³-hybridized carbons (Fsp3) is 0.900. The highest BCUT2D eigenvalue weighted by molar-refractivity contribution is 7.99. The van der Waals surface area contributed by atoms with E-state index < -0.39 is 0 Å². The first-order valence-corrected chi connectivity index (χ1v) is 6.49. The second-order valence-corrected chi connectivity index (χ2v) is 5.47. The Morgan fingerprint density at radius 1 is 1.67 bits per heavy atom. The van der Waals surface area contributed by atoms with Gasteiger partial charge >= 0.3 is 0 Å². The van der Waals surface area contributed by atoms with Gasteiger partial charge < -0.3 is 15.4 Å². The van der Waals surface area contributed by atoms with Gasteiger partial charge in [0.05, 0.1) is 5.60 Å². The number of hydrogen-bond donors (Lipinski definition) is 2. The van der Waals surface area contributed by atoms with Gasteiger partial charge in [-0.2, -0.15) is 11.8 Å². The Morgan fingerprint density at radius 3 is 2.80 bits per heavy atom. The maximum absolute atomic E-state index is 11.4. The molecule has 1 rings (SSSR count). The van der Waals surface area contributed by atoms with Gasteiger partial charge in [0.15, 0.2) is 0 Å². The minimum atomic E-state index is -0.136. The summed E-state index contributed by atoms with van der Waals surface area (Å²) in [5.74, 6) is -0.0241. The smallest absolute Gasteiger partial charge is 0.246 e. The van der Waals surface area contributed by atoms with Crippen molar-refractivity contribution in [2.24, 2.45) is 0 Å². The van der Waals surface area contributed by atoms with Crippen molar-refractivity contribution in [3.05, 3.63) is 0 Å². The van der Waals surface area contributed by atoms with Crippen LogP contribution >= 0.6 is 11.8 Å². The summed E-state index contributed by atoms with van der Waals surface area (Å²) in [5.41, 5.74) is -0.136. The summed E-state index contributed by atoms with van der Waals surface area (Å²) in [6.45, 7) is 6.64. The number of carbonyl (C=O) groups is 1. The summed E-state index contributed by atoms with van der Waals surface area (Å²) in [6, 6.07) is 0. The fourth-order valence-electron chi connectivity index (χ4n) is 1.21. The predicted molar refractivity (Wildman–Crippen MR) is 63.2 cm³/mol. The molecule has 0 saturated carbocycles. The molecular weight excluding hydrogens is 212 g/mol. The van der Waals surface area contributed by atoms with Crippen LogP contribution in [0.25, 0.3) is 0 Å². The molecule has 1 unspecified atom stereocenters. The highest BCUT2D eigenvalue weighted by Crippen LogP contribution is 2.14. The van der Waals surface area contributed by atoms with Gasteiger partial charge in [0.25, 0.3) is 0 Å². The van der Waals surface area contributed by atoms with Crippen molar-refractivity contribution in [2.45, 2.75) is 24.7 Å². The van der Waals surface area contributed by atoms with E-state index in [1.807, 2.05) is 13.2 Å². The molecule has 1 atom stereocenters. The molecule has 1 amide bonds. The molecular formula is C10H20N2O2S. The van der Waals surface area contributed by atoms with Crippen molar-refractivity contribution in [3.8, 4) is 0 Å². The third-order valence-electron chi connectivity index (χ3n) is 2.54. The quantitative estimate of drug-likeness (QED) is 0.688. The van der Waals surface area contributed by atoms with Gasteiger partial charge in [-0.25, -0.2) is 0 Å². The van der Waals surface area contributed by atoms with E-state index in [4.69, 9.17) is 4.74 Å². The number of amides is 1. The van der Waals surface area contributed by atoms with E-state index >= 15 is 0 Å². The molecule has 5 heteroatoms. The Kier molecular flexibility index (Phi) is 4.89. The van der Waals surface area contributed by atoms with Crippen molar-refractivity contribution in [1.82, 2.24) is 10.6 Å². The number of nitrogens with one attached hydrogen (secondary N) is 2. The number of hydrogen-bond acceptors (Lipinski definition) is 4. The molecule has 1 saturated heterocycles. The Labute approximate surface area is 95.5 Å². The van der Waals surface area contributed by atoms with Crippen LogP contribution in [0.4, 0.5) is 0 Å². The van der Waals surface area contributed by atoms with Crippen molar-refractivity contribution in [3.63, 3.8) is 0 Å². The van der Waals surface area contributed by atoms with Crippen LogP contribution in [0.1, 0.15) is 13.8 Å². The van der Waals surface area contributed by atoms with E-state index in [1.165, 1.54) is 0 Å². The van der Waals surface area contributed by atoms with Gasteiger partial charge in [0.1, 0.15) is 6.61 Å². The van der Waals surface area contributed by atoms with E-state index in [-0.39, 0.29) is 18.1 Å². The summed E-state index contributed by atoms with van der Waals surface area (Å²) in [4.78, 5) is 11.4. The van der Waals surface area contributed by atoms with Gasteiger partial charge in [0, 0.05) is 24.9 Å². The van der Waals surface area contributed by atoms with Crippen LogP contribution in [0.2, 0.25) is 0 Å². The third-order valence-corrected chi connectivity index (χ3v) is 3.51. The highest BCUT2D eigenvalue weighted by atomic mass is 32.2. The maximum atomic E-state index is 11.4. The standard InChI is InChI=1S/C10H20N2O2S/c1-8(15-3)4-12-9(13)5-14-10(2)6-11-7-10/h8,11H,4-7H2,1-3H3,(H,12,13). The molecule has 0 aliphatic carbocycles.